The number of hydrogen-bond acceptors (Lipinski definition) is 3. The number of nitrogens with one attached hydrogen (secondary N) is 2. The molecule has 0 saturated carbocycles. The minimum Gasteiger partial charge on any atom is -0.465 e. The Morgan fingerprint density at radius 3 is 2.67 bits per heavy atom. The van der Waals surface area contributed by atoms with E-state index in [-0.39, 0.29) is 10.6 Å². The summed E-state index contributed by atoms with van der Waals surface area (Å²) in [4.78, 5) is 22.6. The number of amides is 2. The normalized spacial score (nSPS) is 9.72. The monoisotopic (exact) mass is 290 g/mol. The fraction of sp³-hybridized carbons (Fsp3) is 0.273. The van der Waals surface area contributed by atoms with Crippen molar-refractivity contribution in [2.24, 2.45) is 0 Å². The van der Waals surface area contributed by atoms with Gasteiger partial charge in [-0.1, -0.05) is 11.6 Å². The van der Waals surface area contributed by atoms with Crippen molar-refractivity contribution >= 4 is 40.9 Å². The molecule has 0 spiro atoms. The zero-order chi connectivity index (χ0) is 13.5. The van der Waals surface area contributed by atoms with Crippen molar-refractivity contribution < 1.29 is 14.3 Å². The first-order valence-electron chi connectivity index (χ1n) is 5.07. The van der Waals surface area contributed by atoms with E-state index in [1.54, 1.807) is 6.07 Å². The van der Waals surface area contributed by atoms with E-state index in [0.717, 1.165) is 0 Å². The number of benzene rings is 1. The van der Waals surface area contributed by atoms with Crippen LogP contribution in [-0.2, 0) is 4.74 Å². The highest BCUT2D eigenvalue weighted by Crippen LogP contribution is 2.21. The molecule has 0 aromatic heterocycles. The molecular weight excluding hydrogens is 279 g/mol. The van der Waals surface area contributed by atoms with Crippen molar-refractivity contribution in [3.8, 4) is 0 Å². The summed E-state index contributed by atoms with van der Waals surface area (Å²) in [5.74, 6) is -0.201. The van der Waals surface area contributed by atoms with Gasteiger partial charge in [-0.3, -0.25) is 0 Å². The maximum absolute atomic E-state index is 11.3. The number of carbonyl (C=O) groups excluding carboxylic acids is 2. The third-order valence-corrected chi connectivity index (χ3v) is 2.51. The standard InChI is InChI=1S/C11H12Cl2N2O3/c1-18-10(16)8-3-2-7(6-9(8)13)15-11(17)14-5-4-12/h2-3,6H,4-5H2,1H3,(H2,14,15,17). The van der Waals surface area contributed by atoms with E-state index in [9.17, 15) is 9.59 Å². The van der Waals surface area contributed by atoms with Gasteiger partial charge in [0.05, 0.1) is 17.7 Å². The number of halogens is 2. The third-order valence-electron chi connectivity index (χ3n) is 2.01. The van der Waals surface area contributed by atoms with Crippen LogP contribution in [0.15, 0.2) is 18.2 Å². The quantitative estimate of drug-likeness (QED) is 0.661. The van der Waals surface area contributed by atoms with Crippen molar-refractivity contribution in [3.05, 3.63) is 28.8 Å². The average molecular weight is 291 g/mol. The molecule has 18 heavy (non-hydrogen) atoms. The van der Waals surface area contributed by atoms with Gasteiger partial charge in [0.15, 0.2) is 0 Å². The van der Waals surface area contributed by atoms with E-state index in [1.165, 1.54) is 19.2 Å². The number of methoxy groups -OCH3 is 1. The van der Waals surface area contributed by atoms with E-state index < -0.39 is 12.0 Å². The molecule has 0 bridgehead atoms. The van der Waals surface area contributed by atoms with Crippen molar-refractivity contribution in [1.29, 1.82) is 0 Å². The second-order valence-electron chi connectivity index (χ2n) is 3.26. The number of anilines is 1. The number of ether oxygens (including phenoxy) is 1. The van der Waals surface area contributed by atoms with Crippen LogP contribution in [0, 0.1) is 0 Å². The zero-order valence-corrected chi connectivity index (χ0v) is 11.1. The fourth-order valence-corrected chi connectivity index (χ4v) is 1.56. The third kappa shape index (κ3) is 4.09. The summed E-state index contributed by atoms with van der Waals surface area (Å²) >= 11 is 11.3. The van der Waals surface area contributed by atoms with Crippen LogP contribution in [0.5, 0.6) is 0 Å². The largest absolute Gasteiger partial charge is 0.465 e. The maximum Gasteiger partial charge on any atom is 0.339 e. The van der Waals surface area contributed by atoms with E-state index in [2.05, 4.69) is 15.4 Å². The van der Waals surface area contributed by atoms with Crippen LogP contribution in [0.2, 0.25) is 5.02 Å². The van der Waals surface area contributed by atoms with Crippen LogP contribution in [-0.4, -0.2) is 31.5 Å². The SMILES string of the molecule is COC(=O)c1ccc(NC(=O)NCCCl)cc1Cl. The van der Waals surface area contributed by atoms with Gasteiger partial charge in [0.25, 0.3) is 0 Å². The summed E-state index contributed by atoms with van der Waals surface area (Å²) in [5, 5.41) is 5.29. The zero-order valence-electron chi connectivity index (χ0n) is 9.63. The summed E-state index contributed by atoms with van der Waals surface area (Å²) in [6, 6.07) is 4.11. The average Bonchev–Trinajstić information content (AvgIpc) is 2.35. The van der Waals surface area contributed by atoms with Gasteiger partial charge >= 0.3 is 12.0 Å². The van der Waals surface area contributed by atoms with E-state index in [0.29, 0.717) is 18.1 Å². The van der Waals surface area contributed by atoms with Crippen molar-refractivity contribution in [2.45, 2.75) is 0 Å². The lowest BCUT2D eigenvalue weighted by Gasteiger charge is -2.08. The summed E-state index contributed by atoms with van der Waals surface area (Å²) in [7, 11) is 1.27. The van der Waals surface area contributed by atoms with Crippen LogP contribution < -0.4 is 10.6 Å². The highest BCUT2D eigenvalue weighted by atomic mass is 35.5. The van der Waals surface area contributed by atoms with Gasteiger partial charge in [-0.05, 0) is 18.2 Å². The summed E-state index contributed by atoms with van der Waals surface area (Å²) in [6.07, 6.45) is 0. The predicted molar refractivity (Wildman–Crippen MR) is 70.5 cm³/mol. The molecular formula is C11H12Cl2N2O3. The van der Waals surface area contributed by atoms with Crippen molar-refractivity contribution in [3.63, 3.8) is 0 Å². The lowest BCUT2D eigenvalue weighted by Crippen LogP contribution is -2.30. The molecule has 1 aromatic carbocycles. The molecule has 7 heteroatoms. The van der Waals surface area contributed by atoms with E-state index in [4.69, 9.17) is 23.2 Å². The van der Waals surface area contributed by atoms with Gasteiger partial charge in [-0.2, -0.15) is 0 Å². The highest BCUT2D eigenvalue weighted by molar-refractivity contribution is 6.34. The minimum absolute atomic E-state index is 0.206. The smallest absolute Gasteiger partial charge is 0.339 e. The van der Waals surface area contributed by atoms with E-state index >= 15 is 0 Å². The number of carbonyl (C=O) groups is 2. The van der Waals surface area contributed by atoms with Gasteiger partial charge in [-0.15, -0.1) is 11.6 Å². The fourth-order valence-electron chi connectivity index (χ4n) is 1.20. The van der Waals surface area contributed by atoms with Gasteiger partial charge < -0.3 is 15.4 Å². The Balaban J connectivity index is 2.72. The first-order valence-corrected chi connectivity index (χ1v) is 5.98. The predicted octanol–water partition coefficient (Wildman–Crippen LogP) is 2.49. The molecule has 0 fully saturated rings. The molecule has 0 aliphatic rings. The van der Waals surface area contributed by atoms with Crippen LogP contribution in [0.25, 0.3) is 0 Å². The van der Waals surface area contributed by atoms with Gasteiger partial charge in [0.2, 0.25) is 0 Å². The first kappa shape index (κ1) is 14.6. The van der Waals surface area contributed by atoms with Gasteiger partial charge in [-0.25, -0.2) is 9.59 Å². The molecule has 0 atom stereocenters. The first-order chi connectivity index (χ1) is 8.58. The van der Waals surface area contributed by atoms with Crippen molar-refractivity contribution in [1.82, 2.24) is 5.32 Å². The van der Waals surface area contributed by atoms with Crippen molar-refractivity contribution in [2.75, 3.05) is 24.9 Å². The van der Waals surface area contributed by atoms with Crippen LogP contribution >= 0.6 is 23.2 Å². The Morgan fingerprint density at radius 1 is 1.39 bits per heavy atom. The molecule has 0 heterocycles. The molecule has 2 amide bonds. The number of rotatable bonds is 4. The van der Waals surface area contributed by atoms with Crippen LogP contribution in [0.3, 0.4) is 0 Å². The van der Waals surface area contributed by atoms with Crippen LogP contribution in [0.1, 0.15) is 10.4 Å². The summed E-state index contributed by atoms with van der Waals surface area (Å²) in [5.41, 5.74) is 0.714. The number of esters is 1. The number of hydrogen-bond donors (Lipinski definition) is 2. The minimum atomic E-state index is -0.529. The number of urea groups is 1. The molecule has 0 unspecified atom stereocenters. The Labute approximate surface area is 114 Å². The highest BCUT2D eigenvalue weighted by Gasteiger charge is 2.11. The lowest BCUT2D eigenvalue weighted by molar-refractivity contribution is 0.0601. The summed E-state index contributed by atoms with van der Waals surface area (Å²) in [6.45, 7) is 0.362. The second-order valence-corrected chi connectivity index (χ2v) is 4.04. The van der Waals surface area contributed by atoms with Gasteiger partial charge in [0, 0.05) is 18.1 Å². The molecule has 0 aliphatic heterocycles. The van der Waals surface area contributed by atoms with Gasteiger partial charge in [0.1, 0.15) is 0 Å². The Kier molecular flexibility index (Phi) is 5.74. The molecule has 5 nitrogen and oxygen atoms in total. The van der Waals surface area contributed by atoms with Crippen LogP contribution in [0.4, 0.5) is 10.5 Å². The second kappa shape index (κ2) is 7.08. The Bertz CT molecular complexity index is 452. The number of alkyl halides is 1. The Hall–Kier alpha value is -1.46. The Morgan fingerprint density at radius 2 is 2.11 bits per heavy atom. The molecule has 2 N–H and O–H groups in total. The summed E-state index contributed by atoms with van der Waals surface area (Å²) < 4.78 is 4.55. The molecule has 1 aromatic rings. The molecule has 0 radical (unpaired) electrons. The molecule has 0 saturated heterocycles. The molecule has 0 aliphatic carbocycles. The topological polar surface area (TPSA) is 67.4 Å². The molecule has 1 rings (SSSR count). The molecule has 98 valence electrons. The van der Waals surface area contributed by atoms with E-state index in [1.807, 2.05) is 0 Å². The lowest BCUT2D eigenvalue weighted by atomic mass is 10.2. The maximum atomic E-state index is 11.3.